The smallest absolute Gasteiger partial charge is 0.408 e. The SMILES string of the molecule is CCc1c(NC[C@H](NC(=O)OCc2ccccc2)C(=O)O)ncnc1N1CCC(C(=O)OC)CC1. The van der Waals surface area contributed by atoms with E-state index in [4.69, 9.17) is 9.47 Å². The minimum atomic E-state index is -1.22. The zero-order chi connectivity index (χ0) is 25.2. The van der Waals surface area contributed by atoms with Crippen LogP contribution in [0.2, 0.25) is 0 Å². The molecular formula is C24H31N5O6. The van der Waals surface area contributed by atoms with Gasteiger partial charge in [-0.3, -0.25) is 4.79 Å². The normalized spacial score (nSPS) is 14.6. The third-order valence-electron chi connectivity index (χ3n) is 5.88. The number of hydrogen-bond donors (Lipinski definition) is 3. The van der Waals surface area contributed by atoms with E-state index < -0.39 is 18.1 Å². The van der Waals surface area contributed by atoms with E-state index in [0.717, 1.165) is 16.9 Å². The Labute approximate surface area is 203 Å². The molecule has 11 nitrogen and oxygen atoms in total. The van der Waals surface area contributed by atoms with Gasteiger partial charge >= 0.3 is 18.0 Å². The molecule has 1 aromatic carbocycles. The lowest BCUT2D eigenvalue weighted by Gasteiger charge is -2.33. The number of carboxylic acid groups (broad SMARTS) is 1. The van der Waals surface area contributed by atoms with Crippen LogP contribution in [-0.2, 0) is 32.1 Å². The lowest BCUT2D eigenvalue weighted by molar-refractivity contribution is -0.146. The molecule has 0 saturated carbocycles. The molecule has 0 radical (unpaired) electrons. The number of nitrogens with one attached hydrogen (secondary N) is 2. The zero-order valence-corrected chi connectivity index (χ0v) is 19.9. The number of piperidine rings is 1. The molecule has 1 aliphatic rings. The topological polar surface area (TPSA) is 143 Å². The highest BCUT2D eigenvalue weighted by molar-refractivity contribution is 5.80. The van der Waals surface area contributed by atoms with Gasteiger partial charge in [0, 0.05) is 25.2 Å². The van der Waals surface area contributed by atoms with Crippen molar-refractivity contribution in [2.75, 3.05) is 37.0 Å². The minimum Gasteiger partial charge on any atom is -0.480 e. The van der Waals surface area contributed by atoms with Gasteiger partial charge in [0.25, 0.3) is 0 Å². The van der Waals surface area contributed by atoms with Crippen LogP contribution in [0.25, 0.3) is 0 Å². The Kier molecular flexibility index (Phi) is 9.22. The number of aliphatic carboxylic acids is 1. The number of carboxylic acids is 1. The molecule has 1 aliphatic heterocycles. The summed E-state index contributed by atoms with van der Waals surface area (Å²) >= 11 is 0. The van der Waals surface area contributed by atoms with Gasteiger partial charge in [0.2, 0.25) is 0 Å². The van der Waals surface area contributed by atoms with E-state index >= 15 is 0 Å². The summed E-state index contributed by atoms with van der Waals surface area (Å²) in [5.41, 5.74) is 1.63. The summed E-state index contributed by atoms with van der Waals surface area (Å²) in [4.78, 5) is 46.5. The summed E-state index contributed by atoms with van der Waals surface area (Å²) in [5.74, 6) is -0.273. The molecule has 1 amide bonds. The van der Waals surface area contributed by atoms with Crippen molar-refractivity contribution in [2.45, 2.75) is 38.8 Å². The van der Waals surface area contributed by atoms with Crippen molar-refractivity contribution in [3.05, 3.63) is 47.8 Å². The molecule has 188 valence electrons. The van der Waals surface area contributed by atoms with Gasteiger partial charge < -0.3 is 30.1 Å². The van der Waals surface area contributed by atoms with Gasteiger partial charge in [-0.1, -0.05) is 37.3 Å². The summed E-state index contributed by atoms with van der Waals surface area (Å²) in [6.07, 6.45) is 2.54. The van der Waals surface area contributed by atoms with Gasteiger partial charge in [-0.05, 0) is 24.8 Å². The van der Waals surface area contributed by atoms with Crippen LogP contribution in [-0.4, -0.2) is 65.9 Å². The van der Waals surface area contributed by atoms with Crippen LogP contribution in [0.15, 0.2) is 36.7 Å². The maximum absolute atomic E-state index is 12.1. The van der Waals surface area contributed by atoms with Crippen LogP contribution in [0, 0.1) is 5.92 Å². The van der Waals surface area contributed by atoms with Crippen molar-refractivity contribution >= 4 is 29.7 Å². The Bertz CT molecular complexity index is 1010. The molecule has 0 aliphatic carbocycles. The first kappa shape index (κ1) is 25.7. The third-order valence-corrected chi connectivity index (χ3v) is 5.88. The fraction of sp³-hybridized carbons (Fsp3) is 0.458. The number of aromatic nitrogens is 2. The number of rotatable bonds is 10. The molecular weight excluding hydrogens is 454 g/mol. The van der Waals surface area contributed by atoms with Crippen LogP contribution < -0.4 is 15.5 Å². The lowest BCUT2D eigenvalue weighted by atomic mass is 9.96. The Hall–Kier alpha value is -3.89. The fourth-order valence-electron chi connectivity index (χ4n) is 3.95. The zero-order valence-electron chi connectivity index (χ0n) is 19.9. The predicted octanol–water partition coefficient (Wildman–Crippen LogP) is 2.22. The van der Waals surface area contributed by atoms with Crippen LogP contribution in [0.3, 0.4) is 0 Å². The van der Waals surface area contributed by atoms with Gasteiger partial charge in [-0.25, -0.2) is 19.6 Å². The average molecular weight is 486 g/mol. The molecule has 2 heterocycles. The molecule has 0 bridgehead atoms. The van der Waals surface area contributed by atoms with Crippen molar-refractivity contribution in [1.29, 1.82) is 0 Å². The minimum absolute atomic E-state index is 0.0361. The third kappa shape index (κ3) is 7.05. The molecule has 1 aromatic heterocycles. The highest BCUT2D eigenvalue weighted by Crippen LogP contribution is 2.28. The lowest BCUT2D eigenvalue weighted by Crippen LogP contribution is -2.45. The molecule has 11 heteroatoms. The molecule has 35 heavy (non-hydrogen) atoms. The molecule has 3 rings (SSSR count). The standard InChI is InChI=1S/C24H31N5O6/c1-3-18-20(26-15-27-21(18)29-11-9-17(10-12-29)23(32)34-2)25-13-19(22(30)31)28-24(33)35-14-16-7-5-4-6-8-16/h4-8,15,17,19H,3,9-14H2,1-2H3,(H,28,33)(H,30,31)(H,25,26,27)/t19-/m0/s1. The average Bonchev–Trinajstić information content (AvgIpc) is 2.89. The molecule has 1 saturated heterocycles. The van der Waals surface area contributed by atoms with Crippen LogP contribution in [0.4, 0.5) is 16.4 Å². The molecule has 0 spiro atoms. The van der Waals surface area contributed by atoms with E-state index in [9.17, 15) is 19.5 Å². The van der Waals surface area contributed by atoms with E-state index in [1.54, 1.807) is 12.1 Å². The number of anilines is 2. The number of hydrogen-bond acceptors (Lipinski definition) is 9. The summed E-state index contributed by atoms with van der Waals surface area (Å²) in [5, 5.41) is 15.0. The summed E-state index contributed by atoms with van der Waals surface area (Å²) < 4.78 is 9.98. The first-order chi connectivity index (χ1) is 16.9. The van der Waals surface area contributed by atoms with Crippen LogP contribution >= 0.6 is 0 Å². The number of methoxy groups -OCH3 is 1. The molecule has 2 aromatic rings. The molecule has 1 atom stereocenters. The number of carbonyl (C=O) groups is 3. The van der Waals surface area contributed by atoms with Crippen molar-refractivity contribution in [1.82, 2.24) is 15.3 Å². The fourth-order valence-corrected chi connectivity index (χ4v) is 3.95. The summed E-state index contributed by atoms with van der Waals surface area (Å²) in [6.45, 7) is 3.20. The highest BCUT2D eigenvalue weighted by Gasteiger charge is 2.28. The second-order valence-electron chi connectivity index (χ2n) is 8.14. The van der Waals surface area contributed by atoms with Gasteiger partial charge in [0.05, 0.1) is 13.0 Å². The Balaban J connectivity index is 1.60. The van der Waals surface area contributed by atoms with E-state index in [-0.39, 0.29) is 25.0 Å². The second kappa shape index (κ2) is 12.5. The quantitative estimate of drug-likeness (QED) is 0.429. The van der Waals surface area contributed by atoms with E-state index in [2.05, 4.69) is 25.5 Å². The largest absolute Gasteiger partial charge is 0.480 e. The predicted molar refractivity (Wildman–Crippen MR) is 128 cm³/mol. The molecule has 3 N–H and O–H groups in total. The molecule has 0 unspecified atom stereocenters. The maximum atomic E-state index is 12.1. The number of nitrogens with zero attached hydrogens (tertiary/aromatic N) is 3. The number of benzene rings is 1. The first-order valence-corrected chi connectivity index (χ1v) is 11.5. The van der Waals surface area contributed by atoms with Gasteiger partial charge in [-0.2, -0.15) is 0 Å². The van der Waals surface area contributed by atoms with Gasteiger partial charge in [-0.15, -0.1) is 0 Å². The second-order valence-corrected chi connectivity index (χ2v) is 8.14. The highest BCUT2D eigenvalue weighted by atomic mass is 16.5. The Morgan fingerprint density at radius 3 is 2.51 bits per heavy atom. The van der Waals surface area contributed by atoms with Crippen LogP contribution in [0.1, 0.15) is 30.9 Å². The monoisotopic (exact) mass is 485 g/mol. The number of amides is 1. The summed E-state index contributed by atoms with van der Waals surface area (Å²) in [7, 11) is 1.40. The van der Waals surface area contributed by atoms with E-state index in [1.165, 1.54) is 13.4 Å². The van der Waals surface area contributed by atoms with Gasteiger partial charge in [0.15, 0.2) is 0 Å². The maximum Gasteiger partial charge on any atom is 0.408 e. The van der Waals surface area contributed by atoms with Crippen molar-refractivity contribution in [3.8, 4) is 0 Å². The first-order valence-electron chi connectivity index (χ1n) is 11.5. The number of carbonyl (C=O) groups excluding carboxylic acids is 2. The van der Waals surface area contributed by atoms with E-state index in [1.807, 2.05) is 25.1 Å². The molecule has 1 fully saturated rings. The number of esters is 1. The van der Waals surface area contributed by atoms with Crippen molar-refractivity contribution in [2.24, 2.45) is 5.92 Å². The summed E-state index contributed by atoms with van der Waals surface area (Å²) in [6, 6.07) is 7.88. The van der Waals surface area contributed by atoms with Crippen molar-refractivity contribution in [3.63, 3.8) is 0 Å². The number of ether oxygens (including phenoxy) is 2. The van der Waals surface area contributed by atoms with Crippen molar-refractivity contribution < 1.29 is 29.0 Å². The van der Waals surface area contributed by atoms with Gasteiger partial charge in [0.1, 0.15) is 30.6 Å². The Morgan fingerprint density at radius 1 is 1.17 bits per heavy atom. The van der Waals surface area contributed by atoms with Crippen LogP contribution in [0.5, 0.6) is 0 Å². The number of alkyl carbamates (subject to hydrolysis) is 1. The van der Waals surface area contributed by atoms with E-state index in [0.29, 0.717) is 38.2 Å². The Morgan fingerprint density at radius 2 is 1.89 bits per heavy atom.